The molecule has 1 aromatic carbocycles. The summed E-state index contributed by atoms with van der Waals surface area (Å²) in [4.78, 5) is 14.4. The Bertz CT molecular complexity index is 797. The summed E-state index contributed by atoms with van der Waals surface area (Å²) in [5.74, 6) is -0.137. The van der Waals surface area contributed by atoms with Crippen LogP contribution in [0.25, 0.3) is 10.9 Å². The van der Waals surface area contributed by atoms with Crippen LogP contribution in [-0.2, 0) is 9.84 Å². The summed E-state index contributed by atoms with van der Waals surface area (Å²) in [7, 11) is -3.10. The van der Waals surface area contributed by atoms with Crippen molar-refractivity contribution < 1.29 is 13.2 Å². The molecule has 1 aliphatic heterocycles. The monoisotopic (exact) mass is 307 g/mol. The molecule has 3 rings (SSSR count). The van der Waals surface area contributed by atoms with Gasteiger partial charge in [-0.15, -0.1) is 0 Å². The van der Waals surface area contributed by atoms with E-state index in [0.717, 1.165) is 5.39 Å². The zero-order valence-electron chi connectivity index (χ0n) is 11.9. The van der Waals surface area contributed by atoms with Crippen molar-refractivity contribution in [2.24, 2.45) is 0 Å². The Hall–Kier alpha value is -1.89. The minimum atomic E-state index is -3.10. The van der Waals surface area contributed by atoms with E-state index in [1.165, 1.54) is 0 Å². The van der Waals surface area contributed by atoms with E-state index < -0.39 is 15.1 Å². The van der Waals surface area contributed by atoms with Gasteiger partial charge in [0.2, 0.25) is 0 Å². The average Bonchev–Trinajstić information content (AvgIpc) is 2.92. The van der Waals surface area contributed by atoms with Gasteiger partial charge in [0, 0.05) is 18.0 Å². The van der Waals surface area contributed by atoms with Crippen molar-refractivity contribution in [3.05, 3.63) is 30.0 Å². The fourth-order valence-corrected chi connectivity index (χ4v) is 4.33. The third kappa shape index (κ3) is 2.21. The van der Waals surface area contributed by atoms with Crippen molar-refractivity contribution in [2.45, 2.75) is 25.1 Å². The molecule has 0 saturated carbocycles. The van der Waals surface area contributed by atoms with Crippen LogP contribution in [0.5, 0.6) is 0 Å². The first-order valence-electron chi connectivity index (χ1n) is 6.86. The van der Waals surface area contributed by atoms with Crippen LogP contribution in [0.3, 0.4) is 0 Å². The molecule has 1 N–H and O–H groups in total. The fraction of sp³-hybridized carbons (Fsp3) is 0.429. The highest BCUT2D eigenvalue weighted by atomic mass is 32.2. The van der Waals surface area contributed by atoms with Gasteiger partial charge in [-0.1, -0.05) is 12.1 Å². The van der Waals surface area contributed by atoms with Crippen LogP contribution in [0.2, 0.25) is 0 Å². The van der Waals surface area contributed by atoms with E-state index in [2.05, 4.69) is 10.2 Å². The van der Waals surface area contributed by atoms with Crippen LogP contribution in [0.15, 0.2) is 24.4 Å². The zero-order chi connectivity index (χ0) is 15.2. The summed E-state index contributed by atoms with van der Waals surface area (Å²) in [5, 5.41) is 7.11. The summed E-state index contributed by atoms with van der Waals surface area (Å²) in [6.07, 6.45) is 1.67. The lowest BCUT2D eigenvalue weighted by atomic mass is 10.1. The summed E-state index contributed by atoms with van der Waals surface area (Å²) in [5.41, 5.74) is 1.22. The Morgan fingerprint density at radius 1 is 1.38 bits per heavy atom. The maximum Gasteiger partial charge on any atom is 0.256 e. The number of H-pyrrole nitrogens is 1. The number of hydrogen-bond donors (Lipinski definition) is 1. The Morgan fingerprint density at radius 3 is 2.90 bits per heavy atom. The van der Waals surface area contributed by atoms with Gasteiger partial charge in [-0.2, -0.15) is 5.10 Å². The summed E-state index contributed by atoms with van der Waals surface area (Å²) < 4.78 is 23.8. The van der Waals surface area contributed by atoms with Gasteiger partial charge in [0.25, 0.3) is 5.91 Å². The van der Waals surface area contributed by atoms with Crippen molar-refractivity contribution in [3.63, 3.8) is 0 Å². The molecule has 1 fully saturated rings. The highest BCUT2D eigenvalue weighted by Gasteiger charge is 2.38. The first-order valence-corrected chi connectivity index (χ1v) is 8.58. The molecule has 1 saturated heterocycles. The van der Waals surface area contributed by atoms with Crippen LogP contribution < -0.4 is 0 Å². The van der Waals surface area contributed by atoms with Crippen molar-refractivity contribution in [1.82, 2.24) is 15.1 Å². The zero-order valence-corrected chi connectivity index (χ0v) is 12.7. The molecule has 2 atom stereocenters. The Morgan fingerprint density at radius 2 is 2.14 bits per heavy atom. The van der Waals surface area contributed by atoms with Crippen LogP contribution in [0.4, 0.5) is 0 Å². The topological polar surface area (TPSA) is 83.1 Å². The second kappa shape index (κ2) is 4.84. The number of carbonyl (C=O) groups excluding carboxylic acids is 1. The number of nitrogens with one attached hydrogen (secondary N) is 1. The molecule has 0 spiro atoms. The van der Waals surface area contributed by atoms with E-state index in [4.69, 9.17) is 0 Å². The lowest BCUT2D eigenvalue weighted by Gasteiger charge is -2.37. The highest BCUT2D eigenvalue weighted by molar-refractivity contribution is 7.92. The highest BCUT2D eigenvalue weighted by Crippen LogP contribution is 2.24. The minimum absolute atomic E-state index is 0.0171. The molecule has 2 aromatic rings. The Kier molecular flexibility index (Phi) is 3.24. The molecule has 112 valence electrons. The van der Waals surface area contributed by atoms with Crippen LogP contribution in [0.1, 0.15) is 24.2 Å². The molecule has 0 radical (unpaired) electrons. The van der Waals surface area contributed by atoms with Gasteiger partial charge in [-0.3, -0.25) is 9.89 Å². The summed E-state index contributed by atoms with van der Waals surface area (Å²) in [6, 6.07) is 5.08. The second-order valence-electron chi connectivity index (χ2n) is 5.45. The summed E-state index contributed by atoms with van der Waals surface area (Å²) in [6.45, 7) is 3.68. The molecule has 0 bridgehead atoms. The van der Waals surface area contributed by atoms with Gasteiger partial charge >= 0.3 is 0 Å². The molecule has 1 aromatic heterocycles. The maximum absolute atomic E-state index is 12.8. The van der Waals surface area contributed by atoms with E-state index in [-0.39, 0.29) is 24.2 Å². The first-order chi connectivity index (χ1) is 9.92. The number of aromatic nitrogens is 2. The van der Waals surface area contributed by atoms with Gasteiger partial charge in [-0.05, 0) is 19.9 Å². The van der Waals surface area contributed by atoms with Crippen molar-refractivity contribution in [1.29, 1.82) is 0 Å². The molecule has 1 amide bonds. The number of aromatic amines is 1. The predicted octanol–water partition coefficient (Wildman–Crippen LogP) is 1.21. The quantitative estimate of drug-likeness (QED) is 0.858. The summed E-state index contributed by atoms with van der Waals surface area (Å²) >= 11 is 0. The normalized spacial score (nSPS) is 25.1. The van der Waals surface area contributed by atoms with Gasteiger partial charge in [0.15, 0.2) is 9.84 Å². The maximum atomic E-state index is 12.8. The Balaban J connectivity index is 1.98. The number of sulfone groups is 1. The van der Waals surface area contributed by atoms with E-state index in [1.54, 1.807) is 37.1 Å². The molecule has 6 nitrogen and oxygen atoms in total. The number of benzene rings is 1. The molecule has 2 heterocycles. The molecule has 21 heavy (non-hydrogen) atoms. The van der Waals surface area contributed by atoms with Gasteiger partial charge < -0.3 is 4.90 Å². The van der Waals surface area contributed by atoms with E-state index >= 15 is 0 Å². The SMILES string of the molecule is C[C@H]1[C@H](C)S(=O)(=O)CCN1C(=O)c1cccc2cn[nH]c12. The third-order valence-corrected chi connectivity index (χ3v) is 6.60. The number of nitrogens with zero attached hydrogens (tertiary/aromatic N) is 2. The first kappa shape index (κ1) is 14.1. The standard InChI is InChI=1S/C14H17N3O3S/c1-9-10(2)21(19,20)7-6-17(9)14(18)12-5-3-4-11-8-15-16-13(11)12/h3-5,8-10H,6-7H2,1-2H3,(H,15,16)/t9-,10-/m0/s1. The number of rotatable bonds is 1. The number of hydrogen-bond acceptors (Lipinski definition) is 4. The average molecular weight is 307 g/mol. The van der Waals surface area contributed by atoms with Gasteiger partial charge in [-0.25, -0.2) is 8.42 Å². The smallest absolute Gasteiger partial charge is 0.256 e. The van der Waals surface area contributed by atoms with Crippen LogP contribution in [0, 0.1) is 0 Å². The van der Waals surface area contributed by atoms with Gasteiger partial charge in [0.1, 0.15) is 0 Å². The van der Waals surface area contributed by atoms with E-state index in [0.29, 0.717) is 11.1 Å². The second-order valence-corrected chi connectivity index (χ2v) is 7.93. The van der Waals surface area contributed by atoms with E-state index in [9.17, 15) is 13.2 Å². The molecule has 0 unspecified atom stereocenters. The van der Waals surface area contributed by atoms with E-state index in [1.807, 2.05) is 6.07 Å². The Labute approximate surface area is 123 Å². The largest absolute Gasteiger partial charge is 0.334 e. The lowest BCUT2D eigenvalue weighted by molar-refractivity contribution is 0.0695. The molecule has 1 aliphatic rings. The fourth-order valence-electron chi connectivity index (χ4n) is 2.76. The number of fused-ring (bicyclic) bond motifs is 1. The molecular weight excluding hydrogens is 290 g/mol. The predicted molar refractivity (Wildman–Crippen MR) is 79.8 cm³/mol. The third-order valence-electron chi connectivity index (χ3n) is 4.32. The minimum Gasteiger partial charge on any atom is -0.334 e. The molecule has 7 heteroatoms. The van der Waals surface area contributed by atoms with Crippen LogP contribution in [-0.4, -0.2) is 53.0 Å². The van der Waals surface area contributed by atoms with Crippen LogP contribution >= 0.6 is 0 Å². The number of amides is 1. The molecular formula is C14H17N3O3S. The number of carbonyl (C=O) groups is 1. The van der Waals surface area contributed by atoms with Crippen molar-refractivity contribution in [2.75, 3.05) is 12.3 Å². The van der Waals surface area contributed by atoms with Gasteiger partial charge in [0.05, 0.1) is 28.3 Å². The molecule has 0 aliphatic carbocycles. The van der Waals surface area contributed by atoms with Crippen molar-refractivity contribution >= 4 is 26.6 Å². The number of para-hydroxylation sites is 1. The lowest BCUT2D eigenvalue weighted by Crippen LogP contribution is -2.54. The van der Waals surface area contributed by atoms with Crippen molar-refractivity contribution in [3.8, 4) is 0 Å².